The van der Waals surface area contributed by atoms with E-state index in [4.69, 9.17) is 39.5 Å². The number of rotatable bonds is 7. The van der Waals surface area contributed by atoms with Crippen molar-refractivity contribution in [2.75, 3.05) is 48.4 Å². The van der Waals surface area contributed by atoms with Crippen LogP contribution in [0.3, 0.4) is 0 Å². The number of methoxy groups -OCH3 is 1. The smallest absolute Gasteiger partial charge is 0.262 e. The topological polar surface area (TPSA) is 82.2 Å². The summed E-state index contributed by atoms with van der Waals surface area (Å²) in [6, 6.07) is 24.0. The molecule has 6 rings (SSSR count). The largest absolute Gasteiger partial charge is 0.496 e. The number of anilines is 3. The van der Waals surface area contributed by atoms with Crippen LogP contribution < -0.4 is 19.9 Å². The van der Waals surface area contributed by atoms with Crippen molar-refractivity contribution in [1.82, 2.24) is 4.90 Å². The van der Waals surface area contributed by atoms with Crippen LogP contribution in [0.4, 0.5) is 17.1 Å². The number of benzene rings is 4. The minimum atomic E-state index is -0.631. The van der Waals surface area contributed by atoms with Gasteiger partial charge in [-0.2, -0.15) is 0 Å². The molecule has 2 aliphatic rings. The molecule has 2 atom stereocenters. The number of aryl methyl sites for hydroxylation is 1. The fourth-order valence-electron chi connectivity index (χ4n) is 6.62. The molecule has 1 fully saturated rings. The molecule has 4 aromatic rings. The zero-order chi connectivity index (χ0) is 33.8. The summed E-state index contributed by atoms with van der Waals surface area (Å²) in [7, 11) is 1.46. The number of carbonyl (C=O) groups is 2. The molecule has 2 aliphatic heterocycles. The summed E-state index contributed by atoms with van der Waals surface area (Å²) in [6.07, 6.45) is 2.79. The second-order valence-electron chi connectivity index (χ2n) is 11.7. The highest BCUT2D eigenvalue weighted by atomic mass is 35.5. The van der Waals surface area contributed by atoms with Gasteiger partial charge in [-0.3, -0.25) is 19.4 Å². The van der Waals surface area contributed by atoms with E-state index >= 15 is 0 Å². The Bertz CT molecular complexity index is 1890. The Morgan fingerprint density at radius 1 is 0.854 bits per heavy atom. The van der Waals surface area contributed by atoms with Crippen LogP contribution in [0.25, 0.3) is 0 Å². The molecule has 0 aromatic heterocycles. The van der Waals surface area contributed by atoms with Gasteiger partial charge in [0.25, 0.3) is 11.8 Å². The maximum absolute atomic E-state index is 14.7. The van der Waals surface area contributed by atoms with Gasteiger partial charge < -0.3 is 15.0 Å². The van der Waals surface area contributed by atoms with E-state index in [0.29, 0.717) is 57.9 Å². The molecule has 2 amide bonds. The SMILES string of the molecule is COc1cc(NC(=O)c2ccccc2Cl)ccc1C(=O)N1c2ccc(Cl)cc2CCC(N2CCN(c3ccccc3Cl)CC2)C1C=C=O. The van der Waals surface area contributed by atoms with Gasteiger partial charge >= 0.3 is 0 Å². The van der Waals surface area contributed by atoms with Crippen LogP contribution in [0.1, 0.15) is 32.7 Å². The van der Waals surface area contributed by atoms with Gasteiger partial charge in [0, 0.05) is 60.8 Å². The fraction of sp³-hybridized carbons (Fsp3) is 0.243. The van der Waals surface area contributed by atoms with E-state index in [1.165, 1.54) is 13.2 Å². The third-order valence-corrected chi connectivity index (χ3v) is 9.83. The summed E-state index contributed by atoms with van der Waals surface area (Å²) < 4.78 is 5.69. The zero-order valence-corrected chi connectivity index (χ0v) is 28.4. The minimum Gasteiger partial charge on any atom is -0.496 e. The van der Waals surface area contributed by atoms with E-state index in [1.807, 2.05) is 42.3 Å². The van der Waals surface area contributed by atoms with Crippen LogP contribution in [0.15, 0.2) is 91.0 Å². The van der Waals surface area contributed by atoms with Gasteiger partial charge in [-0.1, -0.05) is 59.1 Å². The molecule has 0 radical (unpaired) electrons. The summed E-state index contributed by atoms with van der Waals surface area (Å²) in [4.78, 5) is 46.0. The summed E-state index contributed by atoms with van der Waals surface area (Å²) >= 11 is 19.2. The number of hydrogen-bond acceptors (Lipinski definition) is 6. The van der Waals surface area contributed by atoms with Crippen LogP contribution >= 0.6 is 34.8 Å². The maximum Gasteiger partial charge on any atom is 0.262 e. The Morgan fingerprint density at radius 3 is 2.29 bits per heavy atom. The quantitative estimate of drug-likeness (QED) is 0.202. The molecule has 1 saturated heterocycles. The van der Waals surface area contributed by atoms with Crippen molar-refractivity contribution >= 4 is 69.6 Å². The zero-order valence-electron chi connectivity index (χ0n) is 26.2. The van der Waals surface area contributed by atoms with Crippen molar-refractivity contribution in [3.63, 3.8) is 0 Å². The molecule has 0 aliphatic carbocycles. The fourth-order valence-corrected chi connectivity index (χ4v) is 7.29. The van der Waals surface area contributed by atoms with Gasteiger partial charge in [0.05, 0.1) is 40.0 Å². The number of amides is 2. The Balaban J connectivity index is 1.32. The summed E-state index contributed by atoms with van der Waals surface area (Å²) in [5, 5.41) is 4.42. The molecule has 246 valence electrons. The molecule has 48 heavy (non-hydrogen) atoms. The van der Waals surface area contributed by atoms with E-state index in [-0.39, 0.29) is 23.3 Å². The number of para-hydroxylation sites is 1. The average molecular weight is 704 g/mol. The van der Waals surface area contributed by atoms with Crippen molar-refractivity contribution in [1.29, 1.82) is 0 Å². The number of carbonyl (C=O) groups excluding carboxylic acids is 3. The van der Waals surface area contributed by atoms with Crippen molar-refractivity contribution in [2.24, 2.45) is 0 Å². The number of nitrogens with one attached hydrogen (secondary N) is 1. The monoisotopic (exact) mass is 702 g/mol. The van der Waals surface area contributed by atoms with E-state index in [1.54, 1.807) is 53.4 Å². The van der Waals surface area contributed by atoms with E-state index in [9.17, 15) is 14.4 Å². The van der Waals surface area contributed by atoms with E-state index in [0.717, 1.165) is 24.3 Å². The first-order valence-corrected chi connectivity index (χ1v) is 16.7. The molecule has 11 heteroatoms. The maximum atomic E-state index is 14.7. The lowest BCUT2D eigenvalue weighted by atomic mass is 9.98. The van der Waals surface area contributed by atoms with Crippen molar-refractivity contribution in [2.45, 2.75) is 24.9 Å². The van der Waals surface area contributed by atoms with E-state index < -0.39 is 11.9 Å². The molecule has 8 nitrogen and oxygen atoms in total. The lowest BCUT2D eigenvalue weighted by Crippen LogP contribution is -2.57. The molecule has 1 N–H and O–H groups in total. The molecule has 2 heterocycles. The Kier molecular flexibility index (Phi) is 10.4. The van der Waals surface area contributed by atoms with Crippen molar-refractivity contribution < 1.29 is 19.1 Å². The number of ether oxygens (including phenoxy) is 1. The van der Waals surface area contributed by atoms with Gasteiger partial charge in [0.15, 0.2) is 0 Å². The first-order valence-electron chi connectivity index (χ1n) is 15.6. The van der Waals surface area contributed by atoms with Gasteiger partial charge in [-0.15, -0.1) is 0 Å². The number of piperazine rings is 1. The van der Waals surface area contributed by atoms with Crippen molar-refractivity contribution in [3.8, 4) is 5.75 Å². The Morgan fingerprint density at radius 2 is 1.58 bits per heavy atom. The predicted molar refractivity (Wildman–Crippen MR) is 192 cm³/mol. The minimum absolute atomic E-state index is 0.185. The lowest BCUT2D eigenvalue weighted by Gasteiger charge is -2.44. The number of halogens is 3. The number of hydrogen-bond donors (Lipinski definition) is 1. The van der Waals surface area contributed by atoms with Gasteiger partial charge in [-0.05, 0) is 73.0 Å². The molecular weight excluding hydrogens is 671 g/mol. The first kappa shape index (κ1) is 33.6. The highest BCUT2D eigenvalue weighted by Crippen LogP contribution is 2.37. The first-order chi connectivity index (χ1) is 23.3. The molecule has 0 bridgehead atoms. The van der Waals surface area contributed by atoms with Crippen molar-refractivity contribution in [3.05, 3.63) is 123 Å². The molecule has 0 saturated carbocycles. The lowest BCUT2D eigenvalue weighted by molar-refractivity contribution is 0.0951. The van der Waals surface area contributed by atoms with Crippen LogP contribution in [0, 0.1) is 0 Å². The normalized spacial score (nSPS) is 17.9. The van der Waals surface area contributed by atoms with Crippen LogP contribution in [-0.4, -0.2) is 68.0 Å². The van der Waals surface area contributed by atoms with Gasteiger partial charge in [-0.25, -0.2) is 4.79 Å². The molecule has 0 spiro atoms. The van der Waals surface area contributed by atoms with Crippen LogP contribution in [-0.2, 0) is 11.2 Å². The molecule has 4 aromatic carbocycles. The standard InChI is InChI=1S/C37H33Cl3N4O4/c1-48-35-23-26(41-36(46)27-6-2-3-7-29(27)39)12-13-28(35)37(47)44-31-15-11-25(38)22-24(31)10-14-33(34(44)16-21-45)43-19-17-42(18-20-43)32-9-5-4-8-30(32)40/h2-9,11-13,15-16,22-23,33-34H,10,14,17-20H2,1H3,(H,41,46). The molecule has 2 unspecified atom stereocenters. The average Bonchev–Trinajstić information content (AvgIpc) is 3.25. The third kappa shape index (κ3) is 6.95. The Hall–Kier alpha value is -4.30. The number of nitrogens with zero attached hydrogens (tertiary/aromatic N) is 3. The van der Waals surface area contributed by atoms with Gasteiger partial charge in [0.2, 0.25) is 0 Å². The summed E-state index contributed by atoms with van der Waals surface area (Å²) in [5.41, 5.74) is 3.57. The highest BCUT2D eigenvalue weighted by Gasteiger charge is 2.40. The van der Waals surface area contributed by atoms with Crippen LogP contribution in [0.2, 0.25) is 15.1 Å². The van der Waals surface area contributed by atoms with E-state index in [2.05, 4.69) is 15.1 Å². The summed E-state index contributed by atoms with van der Waals surface area (Å²) in [5.74, 6) is 1.50. The second-order valence-corrected chi connectivity index (χ2v) is 12.9. The highest BCUT2D eigenvalue weighted by molar-refractivity contribution is 6.34. The third-order valence-electron chi connectivity index (χ3n) is 8.95. The predicted octanol–water partition coefficient (Wildman–Crippen LogP) is 7.45. The second kappa shape index (κ2) is 14.9. The molecular formula is C37H33Cl3N4O4. The Labute approximate surface area is 294 Å². The summed E-state index contributed by atoms with van der Waals surface area (Å²) in [6.45, 7) is 2.89. The van der Waals surface area contributed by atoms with Crippen LogP contribution in [0.5, 0.6) is 5.75 Å². The number of fused-ring (bicyclic) bond motifs is 1. The van der Waals surface area contributed by atoms with Gasteiger partial charge in [0.1, 0.15) is 11.7 Å².